The molecular formula is C17H22N2O2. The molecule has 2 rings (SSSR count). The van der Waals surface area contributed by atoms with Crippen LogP contribution in [0.15, 0.2) is 18.2 Å². The van der Waals surface area contributed by atoms with Crippen LogP contribution in [-0.4, -0.2) is 24.7 Å². The normalized spacial score (nSPS) is 17.0. The predicted octanol–water partition coefficient (Wildman–Crippen LogP) is 2.43. The number of nitriles is 1. The van der Waals surface area contributed by atoms with Crippen molar-refractivity contribution in [1.29, 1.82) is 5.26 Å². The summed E-state index contributed by atoms with van der Waals surface area (Å²) in [6, 6.07) is 8.52. The van der Waals surface area contributed by atoms with Crippen LogP contribution in [0.5, 0.6) is 0 Å². The van der Waals surface area contributed by atoms with E-state index in [2.05, 4.69) is 43.4 Å². The maximum atomic E-state index is 12.1. The van der Waals surface area contributed by atoms with Gasteiger partial charge in [0, 0.05) is 32.5 Å². The highest BCUT2D eigenvalue weighted by Crippen LogP contribution is 2.20. The van der Waals surface area contributed by atoms with Gasteiger partial charge in [0.2, 0.25) is 5.91 Å². The molecule has 0 unspecified atom stereocenters. The number of hydrogen-bond acceptors (Lipinski definition) is 3. The zero-order valence-electron chi connectivity index (χ0n) is 12.7. The third-order valence-corrected chi connectivity index (χ3v) is 4.06. The van der Waals surface area contributed by atoms with Crippen LogP contribution in [0.1, 0.15) is 36.0 Å². The van der Waals surface area contributed by atoms with Gasteiger partial charge in [0.15, 0.2) is 0 Å². The highest BCUT2D eigenvalue weighted by Gasteiger charge is 2.33. The van der Waals surface area contributed by atoms with Crippen molar-refractivity contribution >= 4 is 5.91 Å². The van der Waals surface area contributed by atoms with Gasteiger partial charge in [-0.15, -0.1) is 0 Å². The van der Waals surface area contributed by atoms with Crippen LogP contribution in [0.25, 0.3) is 0 Å². The summed E-state index contributed by atoms with van der Waals surface area (Å²) in [6.45, 7) is 5.19. The lowest BCUT2D eigenvalue weighted by molar-refractivity contribution is -0.123. The van der Waals surface area contributed by atoms with E-state index in [0.29, 0.717) is 38.9 Å². The molecule has 0 saturated carbocycles. The molecular weight excluding hydrogens is 264 g/mol. The Morgan fingerprint density at radius 1 is 1.38 bits per heavy atom. The number of aryl methyl sites for hydroxylation is 3. The lowest BCUT2D eigenvalue weighted by atomic mass is 9.91. The van der Waals surface area contributed by atoms with Crippen LogP contribution in [0.3, 0.4) is 0 Å². The number of benzene rings is 1. The molecule has 0 atom stereocenters. The van der Waals surface area contributed by atoms with Gasteiger partial charge in [-0.25, -0.2) is 0 Å². The van der Waals surface area contributed by atoms with Crippen molar-refractivity contribution in [2.45, 2.75) is 45.1 Å². The first-order valence-electron chi connectivity index (χ1n) is 7.41. The van der Waals surface area contributed by atoms with Gasteiger partial charge in [0.1, 0.15) is 5.54 Å². The Kier molecular flexibility index (Phi) is 4.98. The minimum atomic E-state index is -0.738. The highest BCUT2D eigenvalue weighted by atomic mass is 16.5. The lowest BCUT2D eigenvalue weighted by Gasteiger charge is -2.31. The Bertz CT molecular complexity index is 554. The molecule has 0 aliphatic carbocycles. The quantitative estimate of drug-likeness (QED) is 0.924. The van der Waals surface area contributed by atoms with E-state index in [-0.39, 0.29) is 5.91 Å². The second-order valence-corrected chi connectivity index (χ2v) is 5.78. The fraction of sp³-hybridized carbons (Fsp3) is 0.529. The second kappa shape index (κ2) is 6.73. The summed E-state index contributed by atoms with van der Waals surface area (Å²) in [4.78, 5) is 12.1. The monoisotopic (exact) mass is 286 g/mol. The van der Waals surface area contributed by atoms with Gasteiger partial charge in [0.25, 0.3) is 0 Å². The average molecular weight is 286 g/mol. The molecule has 1 aromatic carbocycles. The van der Waals surface area contributed by atoms with Crippen molar-refractivity contribution in [1.82, 2.24) is 5.32 Å². The van der Waals surface area contributed by atoms with E-state index < -0.39 is 5.54 Å². The molecule has 1 saturated heterocycles. The number of nitrogens with one attached hydrogen (secondary N) is 1. The summed E-state index contributed by atoms with van der Waals surface area (Å²) in [6.07, 6.45) is 2.25. The first-order valence-corrected chi connectivity index (χ1v) is 7.41. The van der Waals surface area contributed by atoms with Crippen LogP contribution in [0.2, 0.25) is 0 Å². The van der Waals surface area contributed by atoms with Gasteiger partial charge in [-0.2, -0.15) is 5.26 Å². The molecule has 0 radical (unpaired) electrons. The fourth-order valence-electron chi connectivity index (χ4n) is 2.69. The van der Waals surface area contributed by atoms with Crippen molar-refractivity contribution in [2.75, 3.05) is 13.2 Å². The average Bonchev–Trinajstić information content (AvgIpc) is 2.47. The van der Waals surface area contributed by atoms with Crippen molar-refractivity contribution < 1.29 is 9.53 Å². The largest absolute Gasteiger partial charge is 0.381 e. The Morgan fingerprint density at radius 3 is 2.71 bits per heavy atom. The van der Waals surface area contributed by atoms with E-state index in [1.54, 1.807) is 0 Å². The molecule has 21 heavy (non-hydrogen) atoms. The molecule has 4 nitrogen and oxygen atoms in total. The maximum absolute atomic E-state index is 12.1. The maximum Gasteiger partial charge on any atom is 0.221 e. The van der Waals surface area contributed by atoms with E-state index in [1.807, 2.05) is 0 Å². The topological polar surface area (TPSA) is 62.1 Å². The van der Waals surface area contributed by atoms with Crippen molar-refractivity contribution in [3.63, 3.8) is 0 Å². The molecule has 0 spiro atoms. The van der Waals surface area contributed by atoms with E-state index >= 15 is 0 Å². The first-order chi connectivity index (χ1) is 10.0. The number of carbonyl (C=O) groups excluding carboxylic acids is 1. The SMILES string of the molecule is Cc1ccc(CCC(=O)NC2(C#N)CCOCC2)c(C)c1. The summed E-state index contributed by atoms with van der Waals surface area (Å²) in [5, 5.41) is 12.2. The Balaban J connectivity index is 1.91. The van der Waals surface area contributed by atoms with Gasteiger partial charge in [-0.3, -0.25) is 4.79 Å². The van der Waals surface area contributed by atoms with Gasteiger partial charge in [-0.1, -0.05) is 23.8 Å². The third-order valence-electron chi connectivity index (χ3n) is 4.06. The summed E-state index contributed by atoms with van der Waals surface area (Å²) < 4.78 is 5.26. The second-order valence-electron chi connectivity index (χ2n) is 5.78. The molecule has 1 amide bonds. The molecule has 1 fully saturated rings. The first kappa shape index (κ1) is 15.5. The van der Waals surface area contributed by atoms with Gasteiger partial charge in [0.05, 0.1) is 6.07 Å². The summed E-state index contributed by atoms with van der Waals surface area (Å²) in [7, 11) is 0. The number of hydrogen-bond donors (Lipinski definition) is 1. The number of amides is 1. The summed E-state index contributed by atoms with van der Waals surface area (Å²) >= 11 is 0. The van der Waals surface area contributed by atoms with Crippen LogP contribution in [-0.2, 0) is 16.0 Å². The number of nitrogens with zero attached hydrogens (tertiary/aromatic N) is 1. The number of rotatable bonds is 4. The minimum absolute atomic E-state index is 0.0570. The van der Waals surface area contributed by atoms with Crippen molar-refractivity contribution in [3.8, 4) is 6.07 Å². The van der Waals surface area contributed by atoms with Crippen molar-refractivity contribution in [3.05, 3.63) is 34.9 Å². The van der Waals surface area contributed by atoms with E-state index in [4.69, 9.17) is 4.74 Å². The zero-order valence-corrected chi connectivity index (χ0v) is 12.7. The third kappa shape index (κ3) is 4.05. The molecule has 112 valence electrons. The molecule has 1 N–H and O–H groups in total. The standard InChI is InChI=1S/C17H22N2O2/c1-13-3-4-15(14(2)11-13)5-6-16(20)19-17(12-18)7-9-21-10-8-17/h3-4,11H,5-10H2,1-2H3,(H,19,20). The molecule has 4 heteroatoms. The van der Waals surface area contributed by atoms with Gasteiger partial charge >= 0.3 is 0 Å². The molecule has 0 bridgehead atoms. The molecule has 1 aliphatic rings. The molecule has 1 aliphatic heterocycles. The Morgan fingerprint density at radius 2 is 2.10 bits per heavy atom. The summed E-state index contributed by atoms with van der Waals surface area (Å²) in [5.74, 6) is -0.0570. The van der Waals surface area contributed by atoms with Crippen LogP contribution in [0.4, 0.5) is 0 Å². The van der Waals surface area contributed by atoms with Gasteiger partial charge in [-0.05, 0) is 31.4 Å². The molecule has 0 aromatic heterocycles. The van der Waals surface area contributed by atoms with Crippen LogP contribution >= 0.6 is 0 Å². The van der Waals surface area contributed by atoms with Crippen LogP contribution in [0, 0.1) is 25.2 Å². The minimum Gasteiger partial charge on any atom is -0.381 e. The van der Waals surface area contributed by atoms with Crippen molar-refractivity contribution in [2.24, 2.45) is 0 Å². The lowest BCUT2D eigenvalue weighted by Crippen LogP contribution is -2.51. The predicted molar refractivity (Wildman–Crippen MR) is 80.8 cm³/mol. The van der Waals surface area contributed by atoms with E-state index in [0.717, 1.165) is 0 Å². The Labute approximate surface area is 126 Å². The zero-order chi connectivity index (χ0) is 15.3. The van der Waals surface area contributed by atoms with E-state index in [9.17, 15) is 10.1 Å². The smallest absolute Gasteiger partial charge is 0.221 e. The van der Waals surface area contributed by atoms with E-state index in [1.165, 1.54) is 16.7 Å². The molecule has 1 aromatic rings. The Hall–Kier alpha value is -1.86. The highest BCUT2D eigenvalue weighted by molar-refractivity contribution is 5.77. The fourth-order valence-corrected chi connectivity index (χ4v) is 2.69. The summed E-state index contributed by atoms with van der Waals surface area (Å²) in [5.41, 5.74) is 2.89. The number of ether oxygens (including phenoxy) is 1. The molecule has 1 heterocycles. The van der Waals surface area contributed by atoms with Crippen LogP contribution < -0.4 is 5.32 Å². The number of carbonyl (C=O) groups is 1. The van der Waals surface area contributed by atoms with Gasteiger partial charge < -0.3 is 10.1 Å².